The molecule has 1 aromatic heterocycles. The number of nitriles is 1. The molecule has 0 aliphatic carbocycles. The van der Waals surface area contributed by atoms with E-state index in [1.54, 1.807) is 0 Å². The van der Waals surface area contributed by atoms with E-state index >= 15 is 0 Å². The molecule has 25 heavy (non-hydrogen) atoms. The van der Waals surface area contributed by atoms with Gasteiger partial charge in [0.05, 0.1) is 6.61 Å². The molecule has 0 aliphatic heterocycles. The van der Waals surface area contributed by atoms with Crippen LogP contribution in [0.3, 0.4) is 0 Å². The SMILES string of the molecule is CCOc1ccc(-c2nc(C#N)c(NCc3ccc(C)cc3)o2)cc1. The van der Waals surface area contributed by atoms with Gasteiger partial charge in [0.25, 0.3) is 0 Å². The summed E-state index contributed by atoms with van der Waals surface area (Å²) in [5.41, 5.74) is 3.35. The maximum atomic E-state index is 9.29. The maximum absolute atomic E-state index is 9.29. The van der Waals surface area contributed by atoms with Crippen LogP contribution in [0.4, 0.5) is 5.88 Å². The van der Waals surface area contributed by atoms with Crippen LogP contribution in [0.1, 0.15) is 23.7 Å². The Balaban J connectivity index is 1.77. The number of ether oxygens (including phenoxy) is 1. The first-order chi connectivity index (χ1) is 12.2. The summed E-state index contributed by atoms with van der Waals surface area (Å²) in [7, 11) is 0. The average molecular weight is 333 g/mol. The number of aromatic nitrogens is 1. The first-order valence-corrected chi connectivity index (χ1v) is 8.13. The lowest BCUT2D eigenvalue weighted by Gasteiger charge is -2.04. The van der Waals surface area contributed by atoms with Crippen LogP contribution in [0.5, 0.6) is 5.75 Å². The normalized spacial score (nSPS) is 10.3. The van der Waals surface area contributed by atoms with Crippen molar-refractivity contribution in [2.75, 3.05) is 11.9 Å². The second kappa shape index (κ2) is 7.54. The molecule has 1 N–H and O–H groups in total. The number of anilines is 1. The van der Waals surface area contributed by atoms with Crippen LogP contribution < -0.4 is 10.1 Å². The lowest BCUT2D eigenvalue weighted by molar-refractivity contribution is 0.340. The van der Waals surface area contributed by atoms with Crippen molar-refractivity contribution in [2.24, 2.45) is 0 Å². The van der Waals surface area contributed by atoms with Crippen LogP contribution in [0.2, 0.25) is 0 Å². The van der Waals surface area contributed by atoms with Crippen molar-refractivity contribution in [2.45, 2.75) is 20.4 Å². The molecule has 0 saturated heterocycles. The molecule has 0 amide bonds. The minimum atomic E-state index is 0.246. The highest BCUT2D eigenvalue weighted by atomic mass is 16.5. The van der Waals surface area contributed by atoms with E-state index in [2.05, 4.69) is 16.4 Å². The zero-order chi connectivity index (χ0) is 17.6. The minimum Gasteiger partial charge on any atom is -0.494 e. The summed E-state index contributed by atoms with van der Waals surface area (Å²) in [5.74, 6) is 1.58. The molecule has 126 valence electrons. The van der Waals surface area contributed by atoms with Gasteiger partial charge in [-0.05, 0) is 43.7 Å². The van der Waals surface area contributed by atoms with Crippen LogP contribution >= 0.6 is 0 Å². The monoisotopic (exact) mass is 333 g/mol. The van der Waals surface area contributed by atoms with Gasteiger partial charge < -0.3 is 14.5 Å². The molecule has 0 atom stereocenters. The Hall–Kier alpha value is -3.26. The van der Waals surface area contributed by atoms with Crippen molar-refractivity contribution in [1.82, 2.24) is 4.98 Å². The van der Waals surface area contributed by atoms with E-state index in [-0.39, 0.29) is 5.69 Å². The first kappa shape index (κ1) is 16.6. The van der Waals surface area contributed by atoms with Gasteiger partial charge in [-0.2, -0.15) is 10.2 Å². The highest BCUT2D eigenvalue weighted by molar-refractivity contribution is 5.59. The second-order valence-electron chi connectivity index (χ2n) is 5.61. The van der Waals surface area contributed by atoms with Gasteiger partial charge in [-0.1, -0.05) is 29.8 Å². The predicted octanol–water partition coefficient (Wildman–Crippen LogP) is 4.53. The van der Waals surface area contributed by atoms with Crippen molar-refractivity contribution in [3.05, 3.63) is 65.4 Å². The predicted molar refractivity (Wildman–Crippen MR) is 96.3 cm³/mol. The molecule has 0 fully saturated rings. The van der Waals surface area contributed by atoms with Gasteiger partial charge >= 0.3 is 0 Å². The van der Waals surface area contributed by atoms with Crippen molar-refractivity contribution in [3.63, 3.8) is 0 Å². The number of oxazole rings is 1. The second-order valence-corrected chi connectivity index (χ2v) is 5.61. The van der Waals surface area contributed by atoms with Crippen LogP contribution in [-0.4, -0.2) is 11.6 Å². The van der Waals surface area contributed by atoms with Gasteiger partial charge in [-0.25, -0.2) is 0 Å². The fourth-order valence-electron chi connectivity index (χ4n) is 2.39. The Morgan fingerprint density at radius 3 is 2.48 bits per heavy atom. The van der Waals surface area contributed by atoms with E-state index in [0.717, 1.165) is 16.9 Å². The summed E-state index contributed by atoms with van der Waals surface area (Å²) in [6, 6.07) is 17.7. The number of benzene rings is 2. The molecule has 3 aromatic rings. The fourth-order valence-corrected chi connectivity index (χ4v) is 2.39. The van der Waals surface area contributed by atoms with E-state index in [0.29, 0.717) is 24.9 Å². The largest absolute Gasteiger partial charge is 0.494 e. The van der Waals surface area contributed by atoms with Gasteiger partial charge in [0.2, 0.25) is 17.5 Å². The summed E-state index contributed by atoms with van der Waals surface area (Å²) in [5, 5.41) is 12.4. The van der Waals surface area contributed by atoms with Crippen LogP contribution in [0.15, 0.2) is 52.9 Å². The van der Waals surface area contributed by atoms with Crippen LogP contribution in [-0.2, 0) is 6.54 Å². The third-order valence-electron chi connectivity index (χ3n) is 3.72. The zero-order valence-electron chi connectivity index (χ0n) is 14.2. The molecular formula is C20H19N3O2. The van der Waals surface area contributed by atoms with Crippen LogP contribution in [0, 0.1) is 18.3 Å². The van der Waals surface area contributed by atoms with Gasteiger partial charge in [0.1, 0.15) is 11.8 Å². The number of hydrogen-bond acceptors (Lipinski definition) is 5. The quantitative estimate of drug-likeness (QED) is 0.717. The summed E-state index contributed by atoms with van der Waals surface area (Å²) in [6.07, 6.45) is 0. The molecule has 0 spiro atoms. The number of hydrogen-bond donors (Lipinski definition) is 1. The van der Waals surface area contributed by atoms with Gasteiger partial charge in [0, 0.05) is 12.1 Å². The average Bonchev–Trinajstić information content (AvgIpc) is 3.05. The lowest BCUT2D eigenvalue weighted by atomic mass is 10.1. The third kappa shape index (κ3) is 3.99. The standard InChI is InChI=1S/C20H19N3O2/c1-3-24-17-10-8-16(9-11-17)19-23-18(12-21)20(25-19)22-13-15-6-4-14(2)5-7-15/h4-11,22H,3,13H2,1-2H3. The number of rotatable bonds is 6. The van der Waals surface area contributed by atoms with Crippen molar-refractivity contribution in [3.8, 4) is 23.3 Å². The van der Waals surface area contributed by atoms with Crippen LogP contribution in [0.25, 0.3) is 11.5 Å². The van der Waals surface area contributed by atoms with Crippen molar-refractivity contribution >= 4 is 5.88 Å². The lowest BCUT2D eigenvalue weighted by Crippen LogP contribution is -1.99. The Labute approximate surface area is 146 Å². The van der Waals surface area contributed by atoms with Gasteiger partial charge in [-0.15, -0.1) is 0 Å². The molecule has 0 radical (unpaired) electrons. The number of nitrogens with one attached hydrogen (secondary N) is 1. The Morgan fingerprint density at radius 2 is 1.84 bits per heavy atom. The highest BCUT2D eigenvalue weighted by Gasteiger charge is 2.14. The molecule has 1 heterocycles. The van der Waals surface area contributed by atoms with E-state index in [4.69, 9.17) is 9.15 Å². The van der Waals surface area contributed by atoms with E-state index in [1.807, 2.05) is 62.4 Å². The molecule has 5 heteroatoms. The molecule has 3 rings (SSSR count). The first-order valence-electron chi connectivity index (χ1n) is 8.13. The molecular weight excluding hydrogens is 314 g/mol. The number of nitrogens with zero attached hydrogens (tertiary/aromatic N) is 2. The van der Waals surface area contributed by atoms with Gasteiger partial charge in [-0.3, -0.25) is 0 Å². The molecule has 0 bridgehead atoms. The summed E-state index contributed by atoms with van der Waals surface area (Å²) >= 11 is 0. The van der Waals surface area contributed by atoms with Crippen molar-refractivity contribution in [1.29, 1.82) is 5.26 Å². The maximum Gasteiger partial charge on any atom is 0.232 e. The van der Waals surface area contributed by atoms with Gasteiger partial charge in [0.15, 0.2) is 0 Å². The molecule has 2 aromatic carbocycles. The minimum absolute atomic E-state index is 0.246. The molecule has 0 saturated carbocycles. The Bertz CT molecular complexity index is 875. The van der Waals surface area contributed by atoms with E-state index in [9.17, 15) is 5.26 Å². The topological polar surface area (TPSA) is 71.1 Å². The summed E-state index contributed by atoms with van der Waals surface area (Å²) in [4.78, 5) is 4.27. The molecule has 0 aliphatic rings. The Kier molecular flexibility index (Phi) is 5.00. The smallest absolute Gasteiger partial charge is 0.232 e. The molecule has 0 unspecified atom stereocenters. The fraction of sp³-hybridized carbons (Fsp3) is 0.200. The molecule has 5 nitrogen and oxygen atoms in total. The highest BCUT2D eigenvalue weighted by Crippen LogP contribution is 2.27. The third-order valence-corrected chi connectivity index (χ3v) is 3.72. The summed E-state index contributed by atoms with van der Waals surface area (Å²) in [6.45, 7) is 5.16. The van der Waals surface area contributed by atoms with E-state index in [1.165, 1.54) is 5.56 Å². The van der Waals surface area contributed by atoms with E-state index < -0.39 is 0 Å². The Morgan fingerprint density at radius 1 is 1.12 bits per heavy atom. The summed E-state index contributed by atoms with van der Waals surface area (Å²) < 4.78 is 11.2. The van der Waals surface area contributed by atoms with Crippen molar-refractivity contribution < 1.29 is 9.15 Å². The zero-order valence-corrected chi connectivity index (χ0v) is 14.2. The number of aryl methyl sites for hydroxylation is 1.